The molecule has 0 saturated heterocycles. The topological polar surface area (TPSA) is 107 Å². The summed E-state index contributed by atoms with van der Waals surface area (Å²) in [5.41, 5.74) is 0.431. The second-order valence-corrected chi connectivity index (χ2v) is 7.16. The van der Waals surface area contributed by atoms with E-state index in [-0.39, 0.29) is 16.6 Å². The van der Waals surface area contributed by atoms with Crippen molar-refractivity contribution in [3.05, 3.63) is 52.3 Å². The molecule has 0 fully saturated rings. The molecule has 1 aromatic carbocycles. The van der Waals surface area contributed by atoms with E-state index in [9.17, 15) is 18.5 Å². The number of nitro benzene ring substituents is 1. The second kappa shape index (κ2) is 6.47. The van der Waals surface area contributed by atoms with Gasteiger partial charge in [0.1, 0.15) is 4.90 Å². The summed E-state index contributed by atoms with van der Waals surface area (Å²) in [4.78, 5) is 10.3. The largest absolute Gasteiger partial charge is 0.269 e. The first-order valence-corrected chi connectivity index (χ1v) is 8.50. The first-order chi connectivity index (χ1) is 10.7. The molecule has 124 valence electrons. The Morgan fingerprint density at radius 3 is 2.57 bits per heavy atom. The van der Waals surface area contributed by atoms with Crippen molar-refractivity contribution in [1.29, 1.82) is 0 Å². The zero-order valence-corrected chi connectivity index (χ0v) is 13.8. The van der Waals surface area contributed by atoms with Crippen molar-refractivity contribution >= 4 is 15.7 Å². The maximum atomic E-state index is 12.4. The fourth-order valence-corrected chi connectivity index (χ4v) is 3.19. The van der Waals surface area contributed by atoms with Gasteiger partial charge < -0.3 is 0 Å². The highest BCUT2D eigenvalue weighted by molar-refractivity contribution is 7.89. The molecule has 1 N–H and O–H groups in total. The highest BCUT2D eigenvalue weighted by Crippen LogP contribution is 2.21. The Labute approximate surface area is 134 Å². The first kappa shape index (κ1) is 17.1. The van der Waals surface area contributed by atoms with Gasteiger partial charge in [0.15, 0.2) is 0 Å². The lowest BCUT2D eigenvalue weighted by Gasteiger charge is -2.13. The lowest BCUT2D eigenvalue weighted by Crippen LogP contribution is -2.26. The molecule has 1 unspecified atom stereocenters. The Hall–Kier alpha value is -2.26. The quantitative estimate of drug-likeness (QED) is 0.643. The number of nitrogens with one attached hydrogen (secondary N) is 1. The molecule has 0 aliphatic heterocycles. The predicted molar refractivity (Wildman–Crippen MR) is 84.4 cm³/mol. The van der Waals surface area contributed by atoms with Crippen LogP contribution in [0.5, 0.6) is 0 Å². The number of rotatable bonds is 6. The third kappa shape index (κ3) is 3.93. The second-order valence-electron chi connectivity index (χ2n) is 5.44. The number of aromatic nitrogens is 2. The smallest absolute Gasteiger partial charge is 0.269 e. The summed E-state index contributed by atoms with van der Waals surface area (Å²) in [7, 11) is -3.76. The predicted octanol–water partition coefficient (Wildman–Crippen LogP) is 2.41. The van der Waals surface area contributed by atoms with Crippen molar-refractivity contribution in [3.63, 3.8) is 0 Å². The van der Waals surface area contributed by atoms with Gasteiger partial charge in [0.25, 0.3) is 5.69 Å². The molecule has 1 aromatic heterocycles. The van der Waals surface area contributed by atoms with E-state index >= 15 is 0 Å². The molecule has 0 saturated carbocycles. The van der Waals surface area contributed by atoms with Gasteiger partial charge in [-0.1, -0.05) is 12.1 Å². The van der Waals surface area contributed by atoms with Gasteiger partial charge in [0, 0.05) is 30.4 Å². The maximum Gasteiger partial charge on any atom is 0.269 e. The van der Waals surface area contributed by atoms with Crippen LogP contribution in [0.3, 0.4) is 0 Å². The number of hydrogen-bond donors (Lipinski definition) is 1. The molecule has 0 aliphatic carbocycles. The number of nitro groups is 1. The fraction of sp³-hybridized carbons (Fsp3) is 0.357. The highest BCUT2D eigenvalue weighted by Gasteiger charge is 2.21. The summed E-state index contributed by atoms with van der Waals surface area (Å²) in [6.07, 6.45) is 2.73. The van der Waals surface area contributed by atoms with Crippen molar-refractivity contribution < 1.29 is 13.3 Å². The van der Waals surface area contributed by atoms with E-state index in [1.54, 1.807) is 17.7 Å². The van der Waals surface area contributed by atoms with Gasteiger partial charge in [0.05, 0.1) is 11.1 Å². The number of benzene rings is 1. The molecule has 8 nitrogen and oxygen atoms in total. The van der Waals surface area contributed by atoms with Crippen LogP contribution >= 0.6 is 0 Å². The number of sulfonamides is 1. The van der Waals surface area contributed by atoms with Crippen LogP contribution in [-0.2, 0) is 10.0 Å². The molecule has 1 atom stereocenters. The standard InChI is InChI=1S/C14H18N4O4S/c1-10(2)17-9-14(8-15-17)23(21,22)16-11(3)12-5-4-6-13(7-12)18(19)20/h4-11,16H,1-3H3. The summed E-state index contributed by atoms with van der Waals surface area (Å²) in [5.74, 6) is 0. The van der Waals surface area contributed by atoms with Crippen LogP contribution in [-0.4, -0.2) is 23.1 Å². The Bertz CT molecular complexity index is 814. The van der Waals surface area contributed by atoms with Crippen LogP contribution < -0.4 is 4.72 Å². The van der Waals surface area contributed by atoms with Gasteiger partial charge in [-0.3, -0.25) is 14.8 Å². The molecular weight excluding hydrogens is 320 g/mol. The van der Waals surface area contributed by atoms with Crippen molar-refractivity contribution in [2.24, 2.45) is 0 Å². The molecule has 0 spiro atoms. The molecule has 9 heteroatoms. The summed E-state index contributed by atoms with van der Waals surface area (Å²) in [6.45, 7) is 5.41. The SMILES string of the molecule is CC(NS(=O)(=O)c1cnn(C(C)C)c1)c1cccc([N+](=O)[O-])c1. The molecule has 0 amide bonds. The Morgan fingerprint density at radius 1 is 1.30 bits per heavy atom. The van der Waals surface area contributed by atoms with Crippen molar-refractivity contribution in [2.45, 2.75) is 37.8 Å². The summed E-state index contributed by atoms with van der Waals surface area (Å²) in [5, 5.41) is 14.8. The average molecular weight is 338 g/mol. The van der Waals surface area contributed by atoms with Crippen molar-refractivity contribution in [2.75, 3.05) is 0 Å². The van der Waals surface area contributed by atoms with Gasteiger partial charge >= 0.3 is 0 Å². The number of non-ortho nitro benzene ring substituents is 1. The minimum atomic E-state index is -3.76. The molecule has 0 bridgehead atoms. The molecule has 2 aromatic rings. The number of nitrogens with zero attached hydrogens (tertiary/aromatic N) is 3. The Kier molecular flexibility index (Phi) is 4.81. The molecule has 2 rings (SSSR count). The third-order valence-electron chi connectivity index (χ3n) is 3.33. The van der Waals surface area contributed by atoms with E-state index in [0.717, 1.165) is 0 Å². The lowest BCUT2D eigenvalue weighted by atomic mass is 10.1. The van der Waals surface area contributed by atoms with E-state index in [4.69, 9.17) is 0 Å². The van der Waals surface area contributed by atoms with Gasteiger partial charge in [-0.15, -0.1) is 0 Å². The normalized spacial score (nSPS) is 13.2. The zero-order valence-electron chi connectivity index (χ0n) is 13.0. The first-order valence-electron chi connectivity index (χ1n) is 7.01. The van der Waals surface area contributed by atoms with Gasteiger partial charge in [-0.2, -0.15) is 5.10 Å². The van der Waals surface area contributed by atoms with Gasteiger partial charge in [0.2, 0.25) is 10.0 Å². The van der Waals surface area contributed by atoms with Crippen molar-refractivity contribution in [3.8, 4) is 0 Å². The monoisotopic (exact) mass is 338 g/mol. The minimum Gasteiger partial charge on any atom is -0.269 e. The molecular formula is C14H18N4O4S. The van der Waals surface area contributed by atoms with E-state index in [0.29, 0.717) is 5.56 Å². The van der Waals surface area contributed by atoms with Crippen molar-refractivity contribution in [1.82, 2.24) is 14.5 Å². The fourth-order valence-electron chi connectivity index (χ4n) is 2.02. The van der Waals surface area contributed by atoms with Crippen LogP contribution in [0, 0.1) is 10.1 Å². The molecule has 23 heavy (non-hydrogen) atoms. The van der Waals surface area contributed by atoms with Crippen LogP contribution in [0.4, 0.5) is 5.69 Å². The summed E-state index contributed by atoms with van der Waals surface area (Å²) in [6, 6.07) is 5.31. The Morgan fingerprint density at radius 2 is 2.00 bits per heavy atom. The maximum absolute atomic E-state index is 12.4. The zero-order chi connectivity index (χ0) is 17.2. The summed E-state index contributed by atoms with van der Waals surface area (Å²) < 4.78 is 28.8. The van der Waals surface area contributed by atoms with E-state index in [2.05, 4.69) is 9.82 Å². The van der Waals surface area contributed by atoms with E-state index < -0.39 is 21.0 Å². The van der Waals surface area contributed by atoms with E-state index in [1.165, 1.54) is 30.6 Å². The van der Waals surface area contributed by atoms with Crippen LogP contribution in [0.15, 0.2) is 41.6 Å². The van der Waals surface area contributed by atoms with Crippen LogP contribution in [0.1, 0.15) is 38.4 Å². The van der Waals surface area contributed by atoms with E-state index in [1.807, 2.05) is 13.8 Å². The minimum absolute atomic E-state index is 0.0492. The molecule has 0 radical (unpaired) electrons. The van der Waals surface area contributed by atoms with Crippen LogP contribution in [0.25, 0.3) is 0 Å². The third-order valence-corrected chi connectivity index (χ3v) is 4.83. The lowest BCUT2D eigenvalue weighted by molar-refractivity contribution is -0.384. The van der Waals surface area contributed by atoms with Gasteiger partial charge in [-0.25, -0.2) is 13.1 Å². The average Bonchev–Trinajstić information content (AvgIpc) is 2.98. The van der Waals surface area contributed by atoms with Crippen LogP contribution in [0.2, 0.25) is 0 Å². The highest BCUT2D eigenvalue weighted by atomic mass is 32.2. The van der Waals surface area contributed by atoms with Gasteiger partial charge in [-0.05, 0) is 26.3 Å². The summed E-state index contributed by atoms with van der Waals surface area (Å²) >= 11 is 0. The molecule has 0 aliphatic rings. The Balaban J connectivity index is 2.22. The number of hydrogen-bond acceptors (Lipinski definition) is 5. The molecule has 1 heterocycles.